The summed E-state index contributed by atoms with van der Waals surface area (Å²) in [4.78, 5) is 47.3. The van der Waals surface area contributed by atoms with Crippen molar-refractivity contribution in [2.24, 2.45) is 0 Å². The summed E-state index contributed by atoms with van der Waals surface area (Å²) in [7, 11) is 0. The van der Waals surface area contributed by atoms with Crippen LogP contribution in [0, 0.1) is 10.1 Å². The van der Waals surface area contributed by atoms with Crippen molar-refractivity contribution in [3.05, 3.63) is 99.1 Å². The number of carboxylic acid groups (broad SMARTS) is 1. The molecule has 0 aliphatic carbocycles. The molecule has 0 unspecified atom stereocenters. The van der Waals surface area contributed by atoms with Gasteiger partial charge in [0.1, 0.15) is 23.7 Å². The molecule has 0 atom stereocenters. The molecule has 10 heteroatoms. The molecular weight excluding hydrogens is 518 g/mol. The molecule has 0 radical (unpaired) electrons. The lowest BCUT2D eigenvalue weighted by molar-refractivity contribution is -0.384. The van der Waals surface area contributed by atoms with Crippen LogP contribution in [-0.2, 0) is 11.3 Å². The summed E-state index contributed by atoms with van der Waals surface area (Å²) in [5, 5.41) is 20.2. The van der Waals surface area contributed by atoms with Gasteiger partial charge in [-0.25, -0.2) is 14.4 Å². The molecule has 210 valence electrons. The zero-order chi connectivity index (χ0) is 28.9. The fourth-order valence-corrected chi connectivity index (χ4v) is 3.77. The molecule has 0 aliphatic rings. The average molecular weight is 550 g/mol. The van der Waals surface area contributed by atoms with Crippen molar-refractivity contribution < 1.29 is 38.6 Å². The maximum absolute atomic E-state index is 12.8. The molecule has 0 aliphatic heterocycles. The lowest BCUT2D eigenvalue weighted by Crippen LogP contribution is -2.14. The summed E-state index contributed by atoms with van der Waals surface area (Å²) in [6, 6.07) is 15.3. The van der Waals surface area contributed by atoms with E-state index in [1.54, 1.807) is 12.1 Å². The maximum atomic E-state index is 12.8. The number of ether oxygens (including phenoxy) is 3. The van der Waals surface area contributed by atoms with Crippen LogP contribution in [-0.4, -0.2) is 34.5 Å². The number of carboxylic acids is 1. The zero-order valence-corrected chi connectivity index (χ0v) is 22.2. The number of carbonyl (C=O) groups excluding carboxylic acids is 2. The van der Waals surface area contributed by atoms with Gasteiger partial charge in [-0.05, 0) is 66.6 Å². The van der Waals surface area contributed by atoms with E-state index in [1.165, 1.54) is 74.2 Å². The second-order valence-corrected chi connectivity index (χ2v) is 9.05. The van der Waals surface area contributed by atoms with Gasteiger partial charge >= 0.3 is 17.9 Å². The van der Waals surface area contributed by atoms with Crippen LogP contribution < -0.4 is 9.47 Å². The summed E-state index contributed by atoms with van der Waals surface area (Å²) >= 11 is 0. The molecule has 0 bridgehead atoms. The molecule has 1 N–H and O–H groups in total. The molecular formula is C30H31NO9. The predicted molar refractivity (Wildman–Crippen MR) is 146 cm³/mol. The van der Waals surface area contributed by atoms with Gasteiger partial charge in [-0.2, -0.15) is 0 Å². The Morgan fingerprint density at radius 2 is 1.48 bits per heavy atom. The lowest BCUT2D eigenvalue weighted by atomic mass is 10.1. The number of non-ortho nitro benzene ring substituents is 1. The van der Waals surface area contributed by atoms with E-state index in [-0.39, 0.29) is 34.7 Å². The standard InChI is InChI=1S/C30H31NO9/c1-2-3-4-5-6-7-18-38-25-15-10-22(11-16-25)29(34)40-27-17-12-23(28(32)33)19-26(27)30(35)39-20-21-8-13-24(14-9-21)31(36)37/h8-17,19H,2-7,18,20H2,1H3,(H,32,33). The third kappa shape index (κ3) is 8.93. The Balaban J connectivity index is 1.63. The number of nitro groups is 1. The Morgan fingerprint density at radius 1 is 0.825 bits per heavy atom. The molecule has 3 aromatic rings. The SMILES string of the molecule is CCCCCCCCOc1ccc(C(=O)Oc2ccc(C(=O)O)cc2C(=O)OCc2ccc([N+](=O)[O-])cc2)cc1. The molecule has 3 aromatic carbocycles. The average Bonchev–Trinajstić information content (AvgIpc) is 2.96. The van der Waals surface area contributed by atoms with Crippen molar-refractivity contribution in [1.82, 2.24) is 0 Å². The normalized spacial score (nSPS) is 10.5. The van der Waals surface area contributed by atoms with E-state index in [9.17, 15) is 29.6 Å². The Kier molecular flexibility index (Phi) is 11.2. The third-order valence-electron chi connectivity index (χ3n) is 6.02. The van der Waals surface area contributed by atoms with Crippen LogP contribution in [0.1, 0.15) is 82.1 Å². The summed E-state index contributed by atoms with van der Waals surface area (Å²) in [5.41, 5.74) is 0.115. The zero-order valence-electron chi connectivity index (χ0n) is 22.2. The first-order valence-electron chi connectivity index (χ1n) is 13.0. The topological polar surface area (TPSA) is 142 Å². The van der Waals surface area contributed by atoms with Gasteiger partial charge in [0.15, 0.2) is 0 Å². The number of carbonyl (C=O) groups is 3. The maximum Gasteiger partial charge on any atom is 0.343 e. The third-order valence-corrected chi connectivity index (χ3v) is 6.02. The Morgan fingerprint density at radius 3 is 2.12 bits per heavy atom. The fourth-order valence-electron chi connectivity index (χ4n) is 3.77. The number of rotatable bonds is 15. The minimum atomic E-state index is -1.28. The summed E-state index contributed by atoms with van der Waals surface area (Å²) in [5.74, 6) is -2.52. The van der Waals surface area contributed by atoms with Crippen molar-refractivity contribution in [3.63, 3.8) is 0 Å². The van der Waals surface area contributed by atoms with E-state index in [0.717, 1.165) is 18.9 Å². The monoisotopic (exact) mass is 549 g/mol. The molecule has 40 heavy (non-hydrogen) atoms. The fraction of sp³-hybridized carbons (Fsp3) is 0.300. The Bertz CT molecular complexity index is 1320. The molecule has 0 spiro atoms. The van der Waals surface area contributed by atoms with E-state index in [4.69, 9.17) is 14.2 Å². The van der Waals surface area contributed by atoms with Crippen LogP contribution in [0.2, 0.25) is 0 Å². The number of hydrogen-bond acceptors (Lipinski definition) is 8. The van der Waals surface area contributed by atoms with E-state index in [0.29, 0.717) is 17.9 Å². The highest BCUT2D eigenvalue weighted by atomic mass is 16.6. The Hall–Kier alpha value is -4.73. The lowest BCUT2D eigenvalue weighted by Gasteiger charge is -2.12. The van der Waals surface area contributed by atoms with E-state index < -0.39 is 22.8 Å². The first-order chi connectivity index (χ1) is 19.3. The van der Waals surface area contributed by atoms with Gasteiger partial charge in [0.2, 0.25) is 0 Å². The van der Waals surface area contributed by atoms with Crippen molar-refractivity contribution in [1.29, 1.82) is 0 Å². The predicted octanol–water partition coefficient (Wildman–Crippen LogP) is 6.61. The first-order valence-corrected chi connectivity index (χ1v) is 13.0. The van der Waals surface area contributed by atoms with Gasteiger partial charge in [0, 0.05) is 12.1 Å². The first kappa shape index (κ1) is 29.8. The molecule has 0 saturated heterocycles. The second kappa shape index (κ2) is 15.0. The van der Waals surface area contributed by atoms with Gasteiger partial charge in [0.25, 0.3) is 5.69 Å². The van der Waals surface area contributed by atoms with E-state index >= 15 is 0 Å². The molecule has 0 heterocycles. The number of esters is 2. The summed E-state index contributed by atoms with van der Waals surface area (Å²) in [6.45, 7) is 2.52. The van der Waals surface area contributed by atoms with E-state index in [2.05, 4.69) is 6.92 Å². The highest BCUT2D eigenvalue weighted by Gasteiger charge is 2.21. The number of hydrogen-bond donors (Lipinski definition) is 1. The second-order valence-electron chi connectivity index (χ2n) is 9.05. The molecule has 10 nitrogen and oxygen atoms in total. The minimum Gasteiger partial charge on any atom is -0.494 e. The van der Waals surface area contributed by atoms with Crippen LogP contribution >= 0.6 is 0 Å². The molecule has 0 amide bonds. The molecule has 0 aromatic heterocycles. The van der Waals surface area contributed by atoms with Crippen molar-refractivity contribution in [2.75, 3.05) is 6.61 Å². The van der Waals surface area contributed by atoms with Crippen LogP contribution in [0.15, 0.2) is 66.7 Å². The van der Waals surface area contributed by atoms with Crippen LogP contribution in [0.3, 0.4) is 0 Å². The summed E-state index contributed by atoms with van der Waals surface area (Å²) < 4.78 is 16.4. The highest BCUT2D eigenvalue weighted by molar-refractivity contribution is 5.99. The number of nitro benzene ring substituents is 1. The molecule has 0 saturated carbocycles. The van der Waals surface area contributed by atoms with Crippen LogP contribution in [0.5, 0.6) is 11.5 Å². The largest absolute Gasteiger partial charge is 0.494 e. The number of nitrogens with zero attached hydrogens (tertiary/aromatic N) is 1. The number of benzene rings is 3. The van der Waals surface area contributed by atoms with Crippen molar-refractivity contribution in [3.8, 4) is 11.5 Å². The van der Waals surface area contributed by atoms with Crippen LogP contribution in [0.25, 0.3) is 0 Å². The van der Waals surface area contributed by atoms with Gasteiger partial charge in [-0.3, -0.25) is 10.1 Å². The summed E-state index contributed by atoms with van der Waals surface area (Å²) in [6.07, 6.45) is 6.90. The molecule has 3 rings (SSSR count). The number of unbranched alkanes of at least 4 members (excludes halogenated alkanes) is 5. The van der Waals surface area contributed by atoms with Crippen LogP contribution in [0.4, 0.5) is 5.69 Å². The van der Waals surface area contributed by atoms with Gasteiger partial charge in [0.05, 0.1) is 22.7 Å². The van der Waals surface area contributed by atoms with Crippen molar-refractivity contribution in [2.45, 2.75) is 52.1 Å². The highest BCUT2D eigenvalue weighted by Crippen LogP contribution is 2.24. The smallest absolute Gasteiger partial charge is 0.343 e. The number of aromatic carboxylic acids is 1. The quantitative estimate of drug-likeness (QED) is 0.0728. The van der Waals surface area contributed by atoms with Gasteiger partial charge < -0.3 is 19.3 Å². The molecule has 0 fully saturated rings. The minimum absolute atomic E-state index is 0.115. The van der Waals surface area contributed by atoms with Gasteiger partial charge in [-0.15, -0.1) is 0 Å². The van der Waals surface area contributed by atoms with Gasteiger partial charge in [-0.1, -0.05) is 39.0 Å². The van der Waals surface area contributed by atoms with E-state index in [1.807, 2.05) is 0 Å². The van der Waals surface area contributed by atoms with Crippen molar-refractivity contribution >= 4 is 23.6 Å². The Labute approximate surface area is 231 Å².